The highest BCUT2D eigenvalue weighted by Gasteiger charge is 2.15. The Bertz CT molecular complexity index is 645. The summed E-state index contributed by atoms with van der Waals surface area (Å²) in [5.74, 6) is 1.76. The molecule has 0 fully saturated rings. The van der Waals surface area contributed by atoms with E-state index in [9.17, 15) is 0 Å². The Morgan fingerprint density at radius 2 is 1.83 bits per heavy atom. The second kappa shape index (κ2) is 9.55. The fourth-order valence-corrected chi connectivity index (χ4v) is 2.98. The summed E-state index contributed by atoms with van der Waals surface area (Å²) < 4.78 is 11.5. The molecule has 0 aliphatic carbocycles. The topological polar surface area (TPSA) is 44.5 Å². The van der Waals surface area contributed by atoms with Crippen molar-refractivity contribution in [1.29, 1.82) is 0 Å². The second-order valence-electron chi connectivity index (χ2n) is 5.72. The largest absolute Gasteiger partial charge is 0.490 e. The van der Waals surface area contributed by atoms with Crippen LogP contribution in [-0.4, -0.2) is 19.8 Å². The van der Waals surface area contributed by atoms with Gasteiger partial charge in [-0.3, -0.25) is 0 Å². The standard InChI is InChI=1S/C20H26ClNO2/c1-3-11-24-19-10-9-15(13-20(19)23-4-2)12-16(14-22)17-7-5-6-8-18(17)21/h5-10,13,16H,3-4,11-12,14,22H2,1-2H3. The first-order chi connectivity index (χ1) is 11.7. The van der Waals surface area contributed by atoms with Gasteiger partial charge in [0.1, 0.15) is 0 Å². The Kier molecular flexibility index (Phi) is 7.41. The van der Waals surface area contributed by atoms with Gasteiger partial charge in [0.15, 0.2) is 11.5 Å². The van der Waals surface area contributed by atoms with E-state index in [0.717, 1.165) is 40.5 Å². The van der Waals surface area contributed by atoms with Crippen molar-refractivity contribution < 1.29 is 9.47 Å². The molecule has 0 heterocycles. The second-order valence-corrected chi connectivity index (χ2v) is 6.13. The van der Waals surface area contributed by atoms with Gasteiger partial charge in [-0.1, -0.05) is 42.8 Å². The molecule has 24 heavy (non-hydrogen) atoms. The predicted molar refractivity (Wildman–Crippen MR) is 100 cm³/mol. The molecule has 0 amide bonds. The van der Waals surface area contributed by atoms with E-state index in [2.05, 4.69) is 13.0 Å². The molecule has 0 aliphatic rings. The zero-order valence-electron chi connectivity index (χ0n) is 14.4. The molecule has 1 unspecified atom stereocenters. The molecule has 0 saturated carbocycles. The van der Waals surface area contributed by atoms with Crippen molar-refractivity contribution in [3.05, 3.63) is 58.6 Å². The number of benzene rings is 2. The van der Waals surface area contributed by atoms with Gasteiger partial charge < -0.3 is 15.2 Å². The number of rotatable bonds is 9. The molecule has 4 heteroatoms. The Morgan fingerprint density at radius 3 is 2.50 bits per heavy atom. The van der Waals surface area contributed by atoms with Gasteiger partial charge in [-0.05, 0) is 55.6 Å². The van der Waals surface area contributed by atoms with Crippen LogP contribution in [0.25, 0.3) is 0 Å². The molecule has 3 nitrogen and oxygen atoms in total. The smallest absolute Gasteiger partial charge is 0.161 e. The van der Waals surface area contributed by atoms with Crippen LogP contribution in [0.5, 0.6) is 11.5 Å². The fraction of sp³-hybridized carbons (Fsp3) is 0.400. The molecule has 0 aliphatic heterocycles. The van der Waals surface area contributed by atoms with Crippen LogP contribution in [0.1, 0.15) is 37.3 Å². The lowest BCUT2D eigenvalue weighted by molar-refractivity contribution is 0.276. The highest BCUT2D eigenvalue weighted by Crippen LogP contribution is 2.32. The van der Waals surface area contributed by atoms with Gasteiger partial charge in [-0.15, -0.1) is 0 Å². The lowest BCUT2D eigenvalue weighted by Crippen LogP contribution is -2.15. The van der Waals surface area contributed by atoms with Crippen LogP contribution in [-0.2, 0) is 6.42 Å². The zero-order valence-corrected chi connectivity index (χ0v) is 15.2. The SMILES string of the molecule is CCCOc1ccc(CC(CN)c2ccccc2Cl)cc1OCC. The highest BCUT2D eigenvalue weighted by atomic mass is 35.5. The van der Waals surface area contributed by atoms with Gasteiger partial charge in [-0.2, -0.15) is 0 Å². The van der Waals surface area contributed by atoms with Crippen molar-refractivity contribution in [2.24, 2.45) is 5.73 Å². The fourth-order valence-electron chi connectivity index (χ4n) is 2.69. The summed E-state index contributed by atoms with van der Waals surface area (Å²) in [5, 5.41) is 0.765. The van der Waals surface area contributed by atoms with Gasteiger partial charge in [0.2, 0.25) is 0 Å². The molecule has 0 bridgehead atoms. The van der Waals surface area contributed by atoms with Crippen molar-refractivity contribution in [3.8, 4) is 11.5 Å². The summed E-state index contributed by atoms with van der Waals surface area (Å²) in [7, 11) is 0. The summed E-state index contributed by atoms with van der Waals surface area (Å²) in [5.41, 5.74) is 8.25. The third-order valence-corrected chi connectivity index (χ3v) is 4.23. The van der Waals surface area contributed by atoms with Gasteiger partial charge in [0, 0.05) is 10.9 Å². The van der Waals surface area contributed by atoms with E-state index in [1.165, 1.54) is 0 Å². The molecule has 130 valence electrons. The van der Waals surface area contributed by atoms with E-state index in [4.69, 9.17) is 26.8 Å². The first-order valence-corrected chi connectivity index (χ1v) is 8.90. The van der Waals surface area contributed by atoms with E-state index in [1.54, 1.807) is 0 Å². The molecule has 2 N–H and O–H groups in total. The van der Waals surface area contributed by atoms with Crippen molar-refractivity contribution in [2.75, 3.05) is 19.8 Å². The van der Waals surface area contributed by atoms with E-state index in [-0.39, 0.29) is 5.92 Å². The molecule has 2 aromatic carbocycles. The summed E-state index contributed by atoms with van der Waals surface area (Å²) in [6.45, 7) is 5.90. The predicted octanol–water partition coefficient (Wildman–Crippen LogP) is 4.81. The van der Waals surface area contributed by atoms with Crippen molar-refractivity contribution >= 4 is 11.6 Å². The maximum atomic E-state index is 6.33. The average molecular weight is 348 g/mol. The summed E-state index contributed by atoms with van der Waals surface area (Å²) >= 11 is 6.33. The van der Waals surface area contributed by atoms with E-state index in [1.807, 2.05) is 43.3 Å². The number of hydrogen-bond donors (Lipinski definition) is 1. The molecule has 2 aromatic rings. The number of ether oxygens (including phenoxy) is 2. The minimum absolute atomic E-state index is 0.176. The quantitative estimate of drug-likeness (QED) is 0.707. The number of hydrogen-bond acceptors (Lipinski definition) is 3. The minimum atomic E-state index is 0.176. The van der Waals surface area contributed by atoms with Crippen LogP contribution < -0.4 is 15.2 Å². The summed E-state index contributed by atoms with van der Waals surface area (Å²) in [4.78, 5) is 0. The van der Waals surface area contributed by atoms with Gasteiger partial charge >= 0.3 is 0 Å². The maximum absolute atomic E-state index is 6.33. The van der Waals surface area contributed by atoms with Crippen LogP contribution >= 0.6 is 11.6 Å². The van der Waals surface area contributed by atoms with E-state index < -0.39 is 0 Å². The van der Waals surface area contributed by atoms with Crippen molar-refractivity contribution in [3.63, 3.8) is 0 Å². The third kappa shape index (κ3) is 4.89. The Balaban J connectivity index is 2.21. The normalized spacial score (nSPS) is 12.0. The van der Waals surface area contributed by atoms with Crippen molar-refractivity contribution in [2.45, 2.75) is 32.6 Å². The van der Waals surface area contributed by atoms with Gasteiger partial charge in [0.25, 0.3) is 0 Å². The molecular formula is C20H26ClNO2. The molecule has 0 aromatic heterocycles. The Hall–Kier alpha value is -1.71. The van der Waals surface area contributed by atoms with Crippen molar-refractivity contribution in [1.82, 2.24) is 0 Å². The third-order valence-electron chi connectivity index (χ3n) is 3.88. The minimum Gasteiger partial charge on any atom is -0.490 e. The number of halogens is 1. The van der Waals surface area contributed by atoms with Crippen LogP contribution in [0.2, 0.25) is 5.02 Å². The molecule has 0 spiro atoms. The summed E-state index contributed by atoms with van der Waals surface area (Å²) in [6, 6.07) is 14.0. The van der Waals surface area contributed by atoms with Crippen LogP contribution in [0.3, 0.4) is 0 Å². The van der Waals surface area contributed by atoms with Crippen LogP contribution in [0.15, 0.2) is 42.5 Å². The first-order valence-electron chi connectivity index (χ1n) is 8.52. The molecule has 0 saturated heterocycles. The molecular weight excluding hydrogens is 322 g/mol. The molecule has 0 radical (unpaired) electrons. The average Bonchev–Trinajstić information content (AvgIpc) is 2.60. The monoisotopic (exact) mass is 347 g/mol. The van der Waals surface area contributed by atoms with E-state index in [0.29, 0.717) is 19.8 Å². The van der Waals surface area contributed by atoms with Gasteiger partial charge in [-0.25, -0.2) is 0 Å². The first kappa shape index (κ1) is 18.6. The van der Waals surface area contributed by atoms with Gasteiger partial charge in [0.05, 0.1) is 13.2 Å². The highest BCUT2D eigenvalue weighted by molar-refractivity contribution is 6.31. The Morgan fingerprint density at radius 1 is 1.04 bits per heavy atom. The molecule has 1 atom stereocenters. The lowest BCUT2D eigenvalue weighted by atomic mass is 9.92. The Labute approximate surface area is 149 Å². The number of nitrogens with two attached hydrogens (primary N) is 1. The summed E-state index contributed by atoms with van der Waals surface area (Å²) in [6.07, 6.45) is 1.78. The van der Waals surface area contributed by atoms with Crippen LogP contribution in [0, 0.1) is 0 Å². The lowest BCUT2D eigenvalue weighted by Gasteiger charge is -2.18. The zero-order chi connectivity index (χ0) is 17.4. The maximum Gasteiger partial charge on any atom is 0.161 e. The van der Waals surface area contributed by atoms with Crippen LogP contribution in [0.4, 0.5) is 0 Å². The van der Waals surface area contributed by atoms with E-state index >= 15 is 0 Å². The molecule has 2 rings (SSSR count).